The Bertz CT molecular complexity index is 650. The predicted molar refractivity (Wildman–Crippen MR) is 86.3 cm³/mol. The molecule has 2 N–H and O–H groups in total. The third-order valence-corrected chi connectivity index (χ3v) is 4.88. The van der Waals surface area contributed by atoms with E-state index >= 15 is 0 Å². The summed E-state index contributed by atoms with van der Waals surface area (Å²) in [5.74, 6) is -0.734. The quantitative estimate of drug-likeness (QED) is 0.888. The second kappa shape index (κ2) is 6.18. The Morgan fingerprint density at radius 2 is 1.91 bits per heavy atom. The molecule has 2 aromatic rings. The van der Waals surface area contributed by atoms with Gasteiger partial charge in [-0.15, -0.1) is 11.3 Å². The molecule has 1 atom stereocenters. The molecule has 0 aliphatic carbocycles. The van der Waals surface area contributed by atoms with Gasteiger partial charge >= 0.3 is 0 Å². The number of hydrogen-bond acceptors (Lipinski definition) is 3. The molecule has 0 saturated heterocycles. The van der Waals surface area contributed by atoms with Crippen LogP contribution in [0.1, 0.15) is 31.2 Å². The predicted octanol–water partition coefficient (Wildman–Crippen LogP) is 3.19. The number of benzene rings is 1. The van der Waals surface area contributed by atoms with Crippen LogP contribution in [0.4, 0.5) is 4.39 Å². The number of aliphatic hydroxyl groups is 1. The second-order valence-corrected chi connectivity index (χ2v) is 6.99. The monoisotopic (exact) mass is 321 g/mol. The molecular formula is C17H20FNO2S. The number of amides is 1. The summed E-state index contributed by atoms with van der Waals surface area (Å²) >= 11 is 1.43. The lowest BCUT2D eigenvalue weighted by molar-refractivity contribution is -0.127. The van der Waals surface area contributed by atoms with Gasteiger partial charge in [0.15, 0.2) is 0 Å². The van der Waals surface area contributed by atoms with Gasteiger partial charge in [-0.05, 0) is 38.3 Å². The highest BCUT2D eigenvalue weighted by molar-refractivity contribution is 7.10. The maximum atomic E-state index is 13.9. The first-order chi connectivity index (χ1) is 10.2. The molecule has 5 heteroatoms. The third kappa shape index (κ3) is 3.36. The zero-order chi connectivity index (χ0) is 16.4. The highest BCUT2D eigenvalue weighted by atomic mass is 32.1. The number of carbonyl (C=O) groups is 1. The number of rotatable bonds is 5. The van der Waals surface area contributed by atoms with Gasteiger partial charge in [0, 0.05) is 10.4 Å². The van der Waals surface area contributed by atoms with Gasteiger partial charge in [-0.25, -0.2) is 4.39 Å². The van der Waals surface area contributed by atoms with Crippen LogP contribution in [0.15, 0.2) is 41.8 Å². The van der Waals surface area contributed by atoms with Crippen LogP contribution in [0.3, 0.4) is 0 Å². The average Bonchev–Trinajstić information content (AvgIpc) is 3.00. The van der Waals surface area contributed by atoms with Gasteiger partial charge in [0.2, 0.25) is 5.91 Å². The molecule has 1 amide bonds. The van der Waals surface area contributed by atoms with Crippen molar-refractivity contribution in [1.29, 1.82) is 0 Å². The molecule has 1 aromatic carbocycles. The fourth-order valence-electron chi connectivity index (χ4n) is 2.24. The maximum absolute atomic E-state index is 13.9. The summed E-state index contributed by atoms with van der Waals surface area (Å²) in [6, 6.07) is 9.90. The summed E-state index contributed by atoms with van der Waals surface area (Å²) in [5, 5.41) is 15.0. The highest BCUT2D eigenvalue weighted by Gasteiger charge is 2.34. The van der Waals surface area contributed by atoms with Crippen molar-refractivity contribution in [2.24, 2.45) is 0 Å². The summed E-state index contributed by atoms with van der Waals surface area (Å²) < 4.78 is 13.9. The van der Waals surface area contributed by atoms with Crippen LogP contribution in [0.25, 0.3) is 0 Å². The van der Waals surface area contributed by atoms with Gasteiger partial charge in [-0.3, -0.25) is 4.79 Å². The molecule has 1 aromatic heterocycles. The van der Waals surface area contributed by atoms with Crippen molar-refractivity contribution >= 4 is 17.2 Å². The van der Waals surface area contributed by atoms with Crippen molar-refractivity contribution < 1.29 is 14.3 Å². The molecule has 1 heterocycles. The molecule has 22 heavy (non-hydrogen) atoms. The normalized spacial score (nSPS) is 14.4. The zero-order valence-corrected chi connectivity index (χ0v) is 13.7. The van der Waals surface area contributed by atoms with E-state index in [1.807, 2.05) is 17.5 Å². The van der Waals surface area contributed by atoms with Crippen LogP contribution in [-0.4, -0.2) is 17.6 Å². The van der Waals surface area contributed by atoms with Crippen LogP contribution < -0.4 is 5.32 Å². The molecule has 0 spiro atoms. The van der Waals surface area contributed by atoms with Gasteiger partial charge in [0.25, 0.3) is 0 Å². The van der Waals surface area contributed by atoms with E-state index in [1.54, 1.807) is 39.0 Å². The van der Waals surface area contributed by atoms with Gasteiger partial charge < -0.3 is 10.4 Å². The first-order valence-corrected chi connectivity index (χ1v) is 7.93. The van der Waals surface area contributed by atoms with Crippen LogP contribution in [-0.2, 0) is 15.8 Å². The largest absolute Gasteiger partial charge is 0.383 e. The fraction of sp³-hybridized carbons (Fsp3) is 0.353. The fourth-order valence-corrected chi connectivity index (χ4v) is 3.02. The van der Waals surface area contributed by atoms with E-state index < -0.39 is 16.8 Å². The lowest BCUT2D eigenvalue weighted by atomic mass is 9.83. The topological polar surface area (TPSA) is 49.3 Å². The van der Waals surface area contributed by atoms with E-state index in [9.17, 15) is 14.3 Å². The smallest absolute Gasteiger partial charge is 0.230 e. The molecule has 0 bridgehead atoms. The molecule has 0 radical (unpaired) electrons. The second-order valence-electron chi connectivity index (χ2n) is 6.04. The van der Waals surface area contributed by atoms with Gasteiger partial charge in [-0.1, -0.05) is 24.3 Å². The van der Waals surface area contributed by atoms with E-state index in [0.29, 0.717) is 5.56 Å². The Morgan fingerprint density at radius 3 is 2.50 bits per heavy atom. The van der Waals surface area contributed by atoms with Crippen molar-refractivity contribution in [3.05, 3.63) is 58.0 Å². The summed E-state index contributed by atoms with van der Waals surface area (Å²) in [4.78, 5) is 13.2. The Balaban J connectivity index is 2.10. The van der Waals surface area contributed by atoms with Crippen molar-refractivity contribution in [2.45, 2.75) is 31.8 Å². The number of nitrogens with one attached hydrogen (secondary N) is 1. The first kappa shape index (κ1) is 16.6. The van der Waals surface area contributed by atoms with Crippen molar-refractivity contribution in [3.63, 3.8) is 0 Å². The van der Waals surface area contributed by atoms with Crippen LogP contribution in [0, 0.1) is 5.82 Å². The Labute approximate surface area is 133 Å². The van der Waals surface area contributed by atoms with E-state index in [-0.39, 0.29) is 12.5 Å². The average molecular weight is 321 g/mol. The van der Waals surface area contributed by atoms with Gasteiger partial charge in [0.05, 0.1) is 12.0 Å². The molecule has 3 nitrogen and oxygen atoms in total. The molecule has 1 unspecified atom stereocenters. The van der Waals surface area contributed by atoms with E-state index in [0.717, 1.165) is 4.88 Å². The molecule has 0 aliphatic heterocycles. The molecule has 0 aliphatic rings. The van der Waals surface area contributed by atoms with Crippen molar-refractivity contribution in [1.82, 2.24) is 5.32 Å². The number of thiophene rings is 1. The lowest BCUT2D eigenvalue weighted by Crippen LogP contribution is -2.46. The highest BCUT2D eigenvalue weighted by Crippen LogP contribution is 2.28. The molecule has 118 valence electrons. The zero-order valence-electron chi connectivity index (χ0n) is 12.9. The summed E-state index contributed by atoms with van der Waals surface area (Å²) in [5.41, 5.74) is -1.82. The number of hydrogen-bond donors (Lipinski definition) is 2. The van der Waals surface area contributed by atoms with Crippen molar-refractivity contribution in [3.8, 4) is 0 Å². The van der Waals surface area contributed by atoms with Crippen LogP contribution in [0.5, 0.6) is 0 Å². The van der Waals surface area contributed by atoms with Gasteiger partial charge in [-0.2, -0.15) is 0 Å². The molecule has 2 rings (SSSR count). The minimum Gasteiger partial charge on any atom is -0.383 e. The van der Waals surface area contributed by atoms with E-state index in [1.165, 1.54) is 17.4 Å². The summed E-state index contributed by atoms with van der Waals surface area (Å²) in [6.07, 6.45) is 0. The van der Waals surface area contributed by atoms with Crippen LogP contribution in [0.2, 0.25) is 0 Å². The number of carbonyl (C=O) groups excluding carboxylic acids is 1. The summed E-state index contributed by atoms with van der Waals surface area (Å²) in [7, 11) is 0. The number of halogens is 1. The first-order valence-electron chi connectivity index (χ1n) is 7.05. The SMILES string of the molecule is CC(O)(CNC(=O)C(C)(C)c1ccccc1F)c1cccs1. The Morgan fingerprint density at radius 1 is 1.23 bits per heavy atom. The third-order valence-electron chi connectivity index (χ3n) is 3.76. The minimum absolute atomic E-state index is 0.0736. The van der Waals surface area contributed by atoms with Crippen LogP contribution >= 0.6 is 11.3 Å². The minimum atomic E-state index is -1.14. The maximum Gasteiger partial charge on any atom is 0.230 e. The standard InChI is InChI=1S/C17H20FNO2S/c1-16(2,12-7-4-5-8-13(12)18)15(20)19-11-17(3,21)14-9-6-10-22-14/h4-10,21H,11H2,1-3H3,(H,19,20). The van der Waals surface area contributed by atoms with Gasteiger partial charge in [0.1, 0.15) is 11.4 Å². The molecule has 0 saturated carbocycles. The summed E-state index contributed by atoms with van der Waals surface area (Å²) in [6.45, 7) is 5.06. The van der Waals surface area contributed by atoms with E-state index in [4.69, 9.17) is 0 Å². The Kier molecular flexibility index (Phi) is 4.68. The van der Waals surface area contributed by atoms with E-state index in [2.05, 4.69) is 5.32 Å². The Hall–Kier alpha value is -1.72. The molecule has 0 fully saturated rings. The molecular weight excluding hydrogens is 301 g/mol. The van der Waals surface area contributed by atoms with Crippen molar-refractivity contribution in [2.75, 3.05) is 6.54 Å². The lowest BCUT2D eigenvalue weighted by Gasteiger charge is -2.28.